The molecule has 0 saturated heterocycles. The van der Waals surface area contributed by atoms with Crippen molar-refractivity contribution in [3.8, 4) is 0 Å². The summed E-state index contributed by atoms with van der Waals surface area (Å²) >= 11 is 0. The smallest absolute Gasteiger partial charge is 0.0699 e. The van der Waals surface area contributed by atoms with Gasteiger partial charge in [0.2, 0.25) is 0 Å². The summed E-state index contributed by atoms with van der Waals surface area (Å²) in [6, 6.07) is 0. The Morgan fingerprint density at radius 1 is 1.67 bits per heavy atom. The molecule has 0 radical (unpaired) electrons. The highest BCUT2D eigenvalue weighted by molar-refractivity contribution is 7.43. The molecule has 0 amide bonds. The van der Waals surface area contributed by atoms with Crippen LogP contribution in [0.2, 0.25) is 0 Å². The van der Waals surface area contributed by atoms with Crippen LogP contribution in [0.1, 0.15) is 6.92 Å². The van der Waals surface area contributed by atoms with Gasteiger partial charge in [-0.3, -0.25) is 0 Å². The number of hydrogen-bond donors (Lipinski definition) is 0. The highest BCUT2D eigenvalue weighted by atomic mass is 31.2. The van der Waals surface area contributed by atoms with Crippen LogP contribution in [0.3, 0.4) is 0 Å². The van der Waals surface area contributed by atoms with Gasteiger partial charge in [-0.25, -0.2) is 0 Å². The lowest BCUT2D eigenvalue weighted by Gasteiger charge is -2.27. The molecular weight excluding hydrogens is 143 g/mol. The van der Waals surface area contributed by atoms with Gasteiger partial charge in [0, 0.05) is 0 Å². The molecule has 0 aliphatic heterocycles. The first-order valence-electron chi connectivity index (χ1n) is 2.34. The molecule has 5 heteroatoms. The average molecular weight is 150 g/mol. The van der Waals surface area contributed by atoms with E-state index in [0.717, 1.165) is 0 Å². The van der Waals surface area contributed by atoms with Crippen LogP contribution in [-0.2, 0) is 9.09 Å². The summed E-state index contributed by atoms with van der Waals surface area (Å²) in [5.41, 5.74) is 0. The van der Waals surface area contributed by atoms with E-state index >= 15 is 0 Å². The molecule has 0 aromatic carbocycles. The number of rotatable bonds is 3. The fourth-order valence-electron chi connectivity index (χ4n) is 0.231. The molecule has 0 atom stereocenters. The van der Waals surface area contributed by atoms with Crippen molar-refractivity contribution >= 4 is 7.82 Å². The molecule has 0 fully saturated rings. The lowest BCUT2D eigenvalue weighted by Crippen LogP contribution is -2.16. The zero-order valence-corrected chi connectivity index (χ0v) is 5.84. The van der Waals surface area contributed by atoms with E-state index < -0.39 is 7.82 Å². The van der Waals surface area contributed by atoms with E-state index in [2.05, 4.69) is 4.52 Å². The quantitative estimate of drug-likeness (QED) is 0.398. The van der Waals surface area contributed by atoms with Crippen molar-refractivity contribution in [2.45, 2.75) is 6.92 Å². The first-order chi connectivity index (χ1) is 4.06. The summed E-state index contributed by atoms with van der Waals surface area (Å²) in [6.45, 7) is 1.53. The first kappa shape index (κ1) is 8.85. The van der Waals surface area contributed by atoms with Crippen LogP contribution in [0.25, 0.3) is 0 Å². The van der Waals surface area contributed by atoms with E-state index in [-0.39, 0.29) is 6.61 Å². The second kappa shape index (κ2) is 3.80. The number of hydrogen-bond acceptors (Lipinski definition) is 4. The van der Waals surface area contributed by atoms with Gasteiger partial charge in [0.15, 0.2) is 0 Å². The van der Waals surface area contributed by atoms with E-state index in [1.165, 1.54) is 6.08 Å². The Kier molecular flexibility index (Phi) is 3.73. The third-order valence-corrected chi connectivity index (χ3v) is 1.03. The largest absolute Gasteiger partial charge is 0.790 e. The fraction of sp³-hybridized carbons (Fsp3) is 0.500. The van der Waals surface area contributed by atoms with Crippen LogP contribution in [0.15, 0.2) is 12.2 Å². The highest BCUT2D eigenvalue weighted by Gasteiger charge is 1.84. The minimum absolute atomic E-state index is 0.166. The second-order valence-corrected chi connectivity index (χ2v) is 2.46. The molecule has 4 nitrogen and oxygen atoms in total. The third kappa shape index (κ3) is 7.85. The van der Waals surface area contributed by atoms with Gasteiger partial charge >= 0.3 is 0 Å². The monoisotopic (exact) mass is 150 g/mol. The Morgan fingerprint density at radius 2 is 2.22 bits per heavy atom. The molecule has 0 spiro atoms. The summed E-state index contributed by atoms with van der Waals surface area (Å²) in [4.78, 5) is 19.4. The molecule has 0 saturated carbocycles. The predicted octanol–water partition coefficient (Wildman–Crippen LogP) is -0.592. The summed E-state index contributed by atoms with van der Waals surface area (Å²) in [7, 11) is -4.75. The molecular formula is C4H7O4P-2. The third-order valence-electron chi connectivity index (χ3n) is 0.565. The van der Waals surface area contributed by atoms with Crippen LogP contribution < -0.4 is 9.79 Å². The van der Waals surface area contributed by atoms with E-state index in [1.807, 2.05) is 0 Å². The lowest BCUT2D eigenvalue weighted by atomic mass is 10.6. The van der Waals surface area contributed by atoms with Crippen molar-refractivity contribution in [1.29, 1.82) is 0 Å². The molecule has 0 unspecified atom stereocenters. The summed E-state index contributed by atoms with van der Waals surface area (Å²) in [5, 5.41) is 0. The van der Waals surface area contributed by atoms with Gasteiger partial charge in [-0.15, -0.1) is 0 Å². The van der Waals surface area contributed by atoms with Gasteiger partial charge in [-0.1, -0.05) is 12.2 Å². The number of phosphoric ester groups is 1. The van der Waals surface area contributed by atoms with Gasteiger partial charge < -0.3 is 18.9 Å². The van der Waals surface area contributed by atoms with Crippen molar-refractivity contribution in [3.05, 3.63) is 12.2 Å². The van der Waals surface area contributed by atoms with Crippen molar-refractivity contribution in [2.75, 3.05) is 6.61 Å². The van der Waals surface area contributed by atoms with Crippen molar-refractivity contribution in [1.82, 2.24) is 0 Å². The van der Waals surface area contributed by atoms with Gasteiger partial charge in [-0.05, 0) is 6.92 Å². The molecule has 0 rings (SSSR count). The maximum absolute atomic E-state index is 9.72. The summed E-state index contributed by atoms with van der Waals surface area (Å²) < 4.78 is 13.5. The topological polar surface area (TPSA) is 72.4 Å². The fourth-order valence-corrected chi connectivity index (χ4v) is 0.499. The van der Waals surface area contributed by atoms with E-state index in [9.17, 15) is 14.4 Å². The standard InChI is InChI=1S/C4H9O4P/c1-2-3-4-8-9(5,6)7/h2-3H,4H2,1H3,(H2,5,6,7)/p-2/b3-2+. The van der Waals surface area contributed by atoms with Crippen molar-refractivity contribution in [3.63, 3.8) is 0 Å². The van der Waals surface area contributed by atoms with Gasteiger partial charge in [0.1, 0.15) is 0 Å². The Bertz CT molecular complexity index is 136. The zero-order valence-electron chi connectivity index (χ0n) is 4.94. The summed E-state index contributed by atoms with van der Waals surface area (Å²) in [5.74, 6) is 0. The molecule has 0 aliphatic rings. The zero-order chi connectivity index (χ0) is 7.33. The molecule has 54 valence electrons. The van der Waals surface area contributed by atoms with Crippen LogP contribution >= 0.6 is 7.82 Å². The number of phosphoric acid groups is 1. The van der Waals surface area contributed by atoms with E-state index in [4.69, 9.17) is 0 Å². The summed E-state index contributed by atoms with van der Waals surface area (Å²) in [6.07, 6.45) is 3.03. The van der Waals surface area contributed by atoms with Crippen LogP contribution in [0, 0.1) is 0 Å². The molecule has 0 aliphatic carbocycles. The molecule has 0 aromatic rings. The van der Waals surface area contributed by atoms with Crippen LogP contribution in [-0.4, -0.2) is 6.61 Å². The molecule has 0 N–H and O–H groups in total. The SMILES string of the molecule is C/C=C/COP(=O)([O-])[O-]. The maximum Gasteiger partial charge on any atom is 0.0699 e. The molecule has 0 bridgehead atoms. The molecule has 9 heavy (non-hydrogen) atoms. The first-order valence-corrected chi connectivity index (χ1v) is 3.80. The predicted molar refractivity (Wildman–Crippen MR) is 28.4 cm³/mol. The van der Waals surface area contributed by atoms with Crippen LogP contribution in [0.5, 0.6) is 0 Å². The molecule has 0 heterocycles. The van der Waals surface area contributed by atoms with Gasteiger partial charge in [0.25, 0.3) is 0 Å². The van der Waals surface area contributed by atoms with E-state index in [0.29, 0.717) is 0 Å². The lowest BCUT2D eigenvalue weighted by molar-refractivity contribution is -0.340. The van der Waals surface area contributed by atoms with Gasteiger partial charge in [0.05, 0.1) is 14.4 Å². The van der Waals surface area contributed by atoms with Crippen molar-refractivity contribution < 1.29 is 18.9 Å². The van der Waals surface area contributed by atoms with Crippen LogP contribution in [0.4, 0.5) is 0 Å². The Balaban J connectivity index is 3.40. The maximum atomic E-state index is 9.72. The van der Waals surface area contributed by atoms with Crippen molar-refractivity contribution in [2.24, 2.45) is 0 Å². The molecule has 0 aromatic heterocycles. The number of allylic oxidation sites excluding steroid dienone is 1. The minimum Gasteiger partial charge on any atom is -0.790 e. The Morgan fingerprint density at radius 3 is 2.56 bits per heavy atom. The normalized spacial score (nSPS) is 12.8. The second-order valence-electron chi connectivity index (χ2n) is 1.31. The Hall–Kier alpha value is -0.150. The minimum atomic E-state index is -4.75. The highest BCUT2D eigenvalue weighted by Crippen LogP contribution is 2.23. The average Bonchev–Trinajstić information content (AvgIpc) is 1.63. The Labute approximate surface area is 53.4 Å². The van der Waals surface area contributed by atoms with E-state index in [1.54, 1.807) is 13.0 Å². The van der Waals surface area contributed by atoms with Gasteiger partial charge in [-0.2, -0.15) is 0 Å².